The number of fused-ring (bicyclic) bond motifs is 2. The molecule has 4 rings (SSSR count). The first-order valence-corrected chi connectivity index (χ1v) is 8.29. The zero-order valence-electron chi connectivity index (χ0n) is 12.4. The normalized spacial score (nSPS) is 11.3. The van der Waals surface area contributed by atoms with Crippen LogP contribution in [0.1, 0.15) is 10.6 Å². The Balaban J connectivity index is 1.98. The Labute approximate surface area is 155 Å². The Kier molecular flexibility index (Phi) is 3.76. The minimum absolute atomic E-state index is 0.00951. The molecule has 0 spiro atoms. The number of benzene rings is 2. The molecule has 0 amide bonds. The van der Waals surface area contributed by atoms with Gasteiger partial charge in [0, 0.05) is 10.4 Å². The minimum atomic E-state index is -0.666. The maximum absolute atomic E-state index is 12.8. The van der Waals surface area contributed by atoms with Crippen LogP contribution >= 0.6 is 35.4 Å². The number of H-pyrrole nitrogens is 1. The highest BCUT2D eigenvalue weighted by atomic mass is 35.5. The molecule has 4 aromatic rings. The van der Waals surface area contributed by atoms with Crippen LogP contribution in [0.5, 0.6) is 0 Å². The van der Waals surface area contributed by atoms with E-state index in [4.69, 9.17) is 39.8 Å². The third-order valence-corrected chi connectivity index (χ3v) is 4.56. The number of carbonyl (C=O) groups excluding carboxylic acids is 1. The van der Waals surface area contributed by atoms with Gasteiger partial charge in [-0.3, -0.25) is 9.59 Å². The largest absolute Gasteiger partial charge is 0.451 e. The Hall–Kier alpha value is -2.41. The van der Waals surface area contributed by atoms with Gasteiger partial charge in [-0.15, -0.1) is 0 Å². The molecule has 0 atom stereocenters. The van der Waals surface area contributed by atoms with Crippen LogP contribution < -0.4 is 5.56 Å². The lowest BCUT2D eigenvalue weighted by Crippen LogP contribution is -2.28. The summed E-state index contributed by atoms with van der Waals surface area (Å²) in [5.74, 6) is -0.657. The lowest BCUT2D eigenvalue weighted by atomic mass is 10.2. The number of furan rings is 1. The van der Waals surface area contributed by atoms with Crippen LogP contribution in [-0.2, 0) is 0 Å². The van der Waals surface area contributed by atoms with Crippen molar-refractivity contribution in [1.29, 1.82) is 0 Å². The van der Waals surface area contributed by atoms with Gasteiger partial charge in [0.25, 0.3) is 5.56 Å². The lowest BCUT2D eigenvalue weighted by Gasteiger charge is -2.07. The van der Waals surface area contributed by atoms with Crippen molar-refractivity contribution in [3.8, 4) is 0 Å². The molecule has 25 heavy (non-hydrogen) atoms. The number of nitrogens with zero attached hydrogens (tertiary/aromatic N) is 1. The van der Waals surface area contributed by atoms with Gasteiger partial charge in [0.15, 0.2) is 10.5 Å². The molecule has 0 saturated heterocycles. The molecule has 0 bridgehead atoms. The topological polar surface area (TPSA) is 68.0 Å². The molecule has 0 aliphatic carbocycles. The Morgan fingerprint density at radius 1 is 1.16 bits per heavy atom. The summed E-state index contributed by atoms with van der Waals surface area (Å²) < 4.78 is 6.29. The van der Waals surface area contributed by atoms with E-state index in [2.05, 4.69) is 4.98 Å². The zero-order valence-corrected chi connectivity index (χ0v) is 14.7. The second-order valence-corrected chi connectivity index (χ2v) is 6.56. The highest BCUT2D eigenvalue weighted by Gasteiger charge is 2.19. The van der Waals surface area contributed by atoms with Crippen molar-refractivity contribution in [3.63, 3.8) is 0 Å². The number of halogens is 2. The quantitative estimate of drug-likeness (QED) is 0.474. The predicted molar refractivity (Wildman–Crippen MR) is 99.4 cm³/mol. The highest BCUT2D eigenvalue weighted by Crippen LogP contribution is 2.25. The molecule has 2 heterocycles. The molecule has 0 aliphatic rings. The number of rotatable bonds is 1. The molecule has 8 heteroatoms. The third kappa shape index (κ3) is 2.59. The molecule has 0 saturated carbocycles. The van der Waals surface area contributed by atoms with Gasteiger partial charge in [0.1, 0.15) is 5.58 Å². The molecule has 0 aliphatic heterocycles. The first kappa shape index (κ1) is 16.1. The van der Waals surface area contributed by atoms with Crippen LogP contribution in [0.2, 0.25) is 10.0 Å². The summed E-state index contributed by atoms with van der Waals surface area (Å²) in [4.78, 5) is 28.4. The number of aromatic amines is 1. The Morgan fingerprint density at radius 2 is 1.92 bits per heavy atom. The predicted octanol–water partition coefficient (Wildman–Crippen LogP) is 4.80. The fourth-order valence-electron chi connectivity index (χ4n) is 2.63. The van der Waals surface area contributed by atoms with Crippen molar-refractivity contribution in [2.24, 2.45) is 0 Å². The highest BCUT2D eigenvalue weighted by molar-refractivity contribution is 7.71. The summed E-state index contributed by atoms with van der Waals surface area (Å²) in [7, 11) is 0. The van der Waals surface area contributed by atoms with Crippen molar-refractivity contribution in [3.05, 3.63) is 73.4 Å². The first-order valence-electron chi connectivity index (χ1n) is 7.13. The molecule has 0 radical (unpaired) electrons. The van der Waals surface area contributed by atoms with Gasteiger partial charge in [-0.2, -0.15) is 0 Å². The fourth-order valence-corrected chi connectivity index (χ4v) is 3.44. The van der Waals surface area contributed by atoms with Gasteiger partial charge in [-0.25, -0.2) is 4.57 Å². The summed E-state index contributed by atoms with van der Waals surface area (Å²) in [6, 6.07) is 11.6. The number of para-hydroxylation sites is 1. The number of aromatic nitrogens is 2. The lowest BCUT2D eigenvalue weighted by molar-refractivity contribution is 0.0928. The number of hydrogen-bond acceptors (Lipinski definition) is 4. The van der Waals surface area contributed by atoms with Gasteiger partial charge in [0.05, 0.1) is 15.9 Å². The van der Waals surface area contributed by atoms with Crippen LogP contribution in [0, 0.1) is 4.77 Å². The van der Waals surface area contributed by atoms with Crippen LogP contribution in [0.25, 0.3) is 21.9 Å². The molecular formula is C17H8Cl2N2O3S. The summed E-state index contributed by atoms with van der Waals surface area (Å²) in [5.41, 5.74) is 0.254. The van der Waals surface area contributed by atoms with Crippen molar-refractivity contribution in [2.45, 2.75) is 0 Å². The molecule has 2 aromatic carbocycles. The summed E-state index contributed by atoms with van der Waals surface area (Å²) in [6.07, 6.45) is 0. The fraction of sp³-hybridized carbons (Fsp3) is 0. The number of carbonyl (C=O) groups is 1. The van der Waals surface area contributed by atoms with Crippen molar-refractivity contribution in [2.75, 3.05) is 0 Å². The Morgan fingerprint density at radius 3 is 2.68 bits per heavy atom. The molecular weight excluding hydrogens is 383 g/mol. The van der Waals surface area contributed by atoms with E-state index in [1.807, 2.05) is 6.07 Å². The molecule has 5 nitrogen and oxygen atoms in total. The van der Waals surface area contributed by atoms with E-state index in [1.54, 1.807) is 24.3 Å². The van der Waals surface area contributed by atoms with Crippen LogP contribution in [-0.4, -0.2) is 15.5 Å². The monoisotopic (exact) mass is 390 g/mol. The summed E-state index contributed by atoms with van der Waals surface area (Å²) >= 11 is 17.2. The molecule has 0 unspecified atom stereocenters. The van der Waals surface area contributed by atoms with Gasteiger partial charge in [-0.05, 0) is 36.5 Å². The number of nitrogens with one attached hydrogen (secondary N) is 1. The Bertz CT molecular complexity index is 1250. The second-order valence-electron chi connectivity index (χ2n) is 5.33. The minimum Gasteiger partial charge on any atom is -0.451 e. The van der Waals surface area contributed by atoms with E-state index in [-0.39, 0.29) is 26.0 Å². The molecule has 2 aromatic heterocycles. The molecule has 1 N–H and O–H groups in total. The van der Waals surface area contributed by atoms with E-state index in [1.165, 1.54) is 12.1 Å². The second kappa shape index (κ2) is 5.84. The maximum Gasteiger partial charge on any atom is 0.302 e. The summed E-state index contributed by atoms with van der Waals surface area (Å²) in [6.45, 7) is 0. The molecule has 124 valence electrons. The van der Waals surface area contributed by atoms with Gasteiger partial charge in [0.2, 0.25) is 0 Å². The van der Waals surface area contributed by atoms with Crippen molar-refractivity contribution in [1.82, 2.24) is 9.55 Å². The van der Waals surface area contributed by atoms with E-state index >= 15 is 0 Å². The van der Waals surface area contributed by atoms with Gasteiger partial charge in [-0.1, -0.05) is 41.4 Å². The van der Waals surface area contributed by atoms with E-state index in [0.29, 0.717) is 11.1 Å². The van der Waals surface area contributed by atoms with Gasteiger partial charge < -0.3 is 9.40 Å². The summed E-state index contributed by atoms with van der Waals surface area (Å²) in [5, 5.41) is 1.44. The van der Waals surface area contributed by atoms with E-state index in [0.717, 1.165) is 9.95 Å². The third-order valence-electron chi connectivity index (χ3n) is 3.76. The van der Waals surface area contributed by atoms with E-state index < -0.39 is 11.5 Å². The maximum atomic E-state index is 12.8. The van der Waals surface area contributed by atoms with Crippen LogP contribution in [0.4, 0.5) is 0 Å². The van der Waals surface area contributed by atoms with Crippen LogP contribution in [0.3, 0.4) is 0 Å². The first-order chi connectivity index (χ1) is 12.0. The molecule has 0 fully saturated rings. The van der Waals surface area contributed by atoms with Crippen molar-refractivity contribution >= 4 is 63.2 Å². The average molecular weight is 391 g/mol. The van der Waals surface area contributed by atoms with Crippen molar-refractivity contribution < 1.29 is 9.21 Å². The van der Waals surface area contributed by atoms with Gasteiger partial charge >= 0.3 is 5.91 Å². The average Bonchev–Trinajstić information content (AvgIpc) is 3.00. The SMILES string of the molecule is O=C(c1cc2ccccc2o1)n1c(=S)[nH]c2c(Cl)cc(Cl)cc2c1=O. The zero-order chi connectivity index (χ0) is 17.7. The van der Waals surface area contributed by atoms with E-state index in [9.17, 15) is 9.59 Å². The standard InChI is InChI=1S/C17H8Cl2N2O3S/c18-9-6-10-14(11(19)7-9)20-17(25)21(15(10)22)16(23)13-5-8-3-1-2-4-12(8)24-13/h1-7H,(H,20,25). The number of hydrogen-bond donors (Lipinski definition) is 1. The smallest absolute Gasteiger partial charge is 0.302 e. The van der Waals surface area contributed by atoms with Crippen LogP contribution in [0.15, 0.2) is 51.7 Å².